The van der Waals surface area contributed by atoms with Gasteiger partial charge in [-0.3, -0.25) is 9.58 Å². The van der Waals surface area contributed by atoms with E-state index in [1.165, 1.54) is 65.0 Å². The van der Waals surface area contributed by atoms with Gasteiger partial charge in [-0.05, 0) is 38.4 Å². The average molecular weight is 248 g/mol. The normalized spacial score (nSPS) is 26.8. The Bertz CT molecular complexity index is 343. The zero-order valence-corrected chi connectivity index (χ0v) is 11.2. The monoisotopic (exact) mass is 248 g/mol. The Hall–Kier alpha value is -0.870. The maximum atomic E-state index is 4.36. The van der Waals surface area contributed by atoms with Crippen LogP contribution < -0.4 is 0 Å². The maximum absolute atomic E-state index is 4.36. The molecule has 4 nitrogen and oxygen atoms in total. The van der Waals surface area contributed by atoms with Gasteiger partial charge in [0.2, 0.25) is 0 Å². The van der Waals surface area contributed by atoms with Crippen molar-refractivity contribution in [1.82, 2.24) is 19.6 Å². The molecule has 1 aromatic heterocycles. The number of piperidine rings is 1. The van der Waals surface area contributed by atoms with Crippen molar-refractivity contribution in [2.75, 3.05) is 39.3 Å². The molecule has 0 radical (unpaired) electrons. The van der Waals surface area contributed by atoms with E-state index >= 15 is 0 Å². The summed E-state index contributed by atoms with van der Waals surface area (Å²) in [4.78, 5) is 5.23. The third kappa shape index (κ3) is 2.93. The van der Waals surface area contributed by atoms with E-state index in [1.54, 1.807) is 0 Å². The van der Waals surface area contributed by atoms with E-state index in [2.05, 4.69) is 25.8 Å². The predicted octanol–water partition coefficient (Wildman–Crippen LogP) is 1.62. The van der Waals surface area contributed by atoms with Crippen LogP contribution in [0.4, 0.5) is 0 Å². The third-order valence-corrected chi connectivity index (χ3v) is 4.33. The maximum Gasteiger partial charge on any atom is 0.0658 e. The first-order chi connectivity index (χ1) is 8.92. The van der Waals surface area contributed by atoms with Crippen molar-refractivity contribution >= 4 is 0 Å². The van der Waals surface area contributed by atoms with Gasteiger partial charge in [0.05, 0.1) is 6.04 Å². The summed E-state index contributed by atoms with van der Waals surface area (Å²) < 4.78 is 2.13. The lowest BCUT2D eigenvalue weighted by Gasteiger charge is -2.28. The van der Waals surface area contributed by atoms with E-state index in [4.69, 9.17) is 0 Å². The molecule has 0 amide bonds. The molecule has 0 aromatic carbocycles. The molecule has 3 rings (SSSR count). The number of hydrogen-bond acceptors (Lipinski definition) is 3. The zero-order valence-electron chi connectivity index (χ0n) is 11.2. The van der Waals surface area contributed by atoms with Gasteiger partial charge in [0, 0.05) is 38.6 Å². The molecule has 2 aliphatic rings. The Balaban J connectivity index is 1.42. The molecule has 1 unspecified atom stereocenters. The highest BCUT2D eigenvalue weighted by Gasteiger charge is 2.24. The standard InChI is InChI=1S/C14H24N4/c1-2-7-16(8-3-1)11-12-17-10-5-14(13-17)18-9-4-6-15-18/h4,6,9,14H,1-3,5,7-8,10-13H2. The van der Waals surface area contributed by atoms with Crippen LogP contribution in [0.2, 0.25) is 0 Å². The van der Waals surface area contributed by atoms with Crippen molar-refractivity contribution in [2.45, 2.75) is 31.7 Å². The van der Waals surface area contributed by atoms with Crippen LogP contribution in [0.5, 0.6) is 0 Å². The molecular weight excluding hydrogens is 224 g/mol. The van der Waals surface area contributed by atoms with E-state index in [0.29, 0.717) is 6.04 Å². The molecule has 0 N–H and O–H groups in total. The van der Waals surface area contributed by atoms with Crippen LogP contribution >= 0.6 is 0 Å². The molecule has 0 spiro atoms. The van der Waals surface area contributed by atoms with E-state index in [1.807, 2.05) is 12.3 Å². The fourth-order valence-corrected chi connectivity index (χ4v) is 3.19. The average Bonchev–Trinajstić information content (AvgIpc) is 3.08. The van der Waals surface area contributed by atoms with Crippen LogP contribution in [-0.4, -0.2) is 58.8 Å². The minimum atomic E-state index is 0.598. The van der Waals surface area contributed by atoms with Crippen molar-refractivity contribution in [3.8, 4) is 0 Å². The number of rotatable bonds is 4. The number of likely N-dealkylation sites (tertiary alicyclic amines) is 2. The largest absolute Gasteiger partial charge is 0.302 e. The van der Waals surface area contributed by atoms with Crippen LogP contribution in [0.1, 0.15) is 31.7 Å². The van der Waals surface area contributed by atoms with Crippen molar-refractivity contribution in [3.63, 3.8) is 0 Å². The Morgan fingerprint density at radius 3 is 2.61 bits per heavy atom. The van der Waals surface area contributed by atoms with Crippen LogP contribution in [0, 0.1) is 0 Å². The van der Waals surface area contributed by atoms with Crippen LogP contribution in [0.3, 0.4) is 0 Å². The predicted molar refractivity (Wildman–Crippen MR) is 72.6 cm³/mol. The second-order valence-corrected chi connectivity index (χ2v) is 5.63. The van der Waals surface area contributed by atoms with Gasteiger partial charge < -0.3 is 4.90 Å². The van der Waals surface area contributed by atoms with Gasteiger partial charge in [-0.15, -0.1) is 0 Å². The Kier molecular flexibility index (Phi) is 3.96. The highest BCUT2D eigenvalue weighted by atomic mass is 15.3. The van der Waals surface area contributed by atoms with E-state index in [-0.39, 0.29) is 0 Å². The number of hydrogen-bond donors (Lipinski definition) is 0. The van der Waals surface area contributed by atoms with E-state index in [9.17, 15) is 0 Å². The SMILES string of the molecule is c1cnn(C2CCN(CCN3CCCCC3)C2)c1. The minimum absolute atomic E-state index is 0.598. The van der Waals surface area contributed by atoms with Gasteiger partial charge in [0.1, 0.15) is 0 Å². The third-order valence-electron chi connectivity index (χ3n) is 4.33. The Labute approximate surface area is 110 Å². The Morgan fingerprint density at radius 1 is 1.00 bits per heavy atom. The Morgan fingerprint density at radius 2 is 1.83 bits per heavy atom. The zero-order chi connectivity index (χ0) is 12.2. The first kappa shape index (κ1) is 12.2. The highest BCUT2D eigenvalue weighted by molar-refractivity contribution is 4.86. The second-order valence-electron chi connectivity index (χ2n) is 5.63. The summed E-state index contributed by atoms with van der Waals surface area (Å²) in [5.74, 6) is 0. The summed E-state index contributed by atoms with van der Waals surface area (Å²) in [5, 5.41) is 4.36. The summed E-state index contributed by atoms with van der Waals surface area (Å²) in [6.07, 6.45) is 9.46. The molecule has 0 aliphatic carbocycles. The first-order valence-electron chi connectivity index (χ1n) is 7.36. The highest BCUT2D eigenvalue weighted by Crippen LogP contribution is 2.20. The molecule has 2 fully saturated rings. The fourth-order valence-electron chi connectivity index (χ4n) is 3.19. The van der Waals surface area contributed by atoms with E-state index < -0.39 is 0 Å². The van der Waals surface area contributed by atoms with Crippen molar-refractivity contribution in [1.29, 1.82) is 0 Å². The summed E-state index contributed by atoms with van der Waals surface area (Å²) >= 11 is 0. The molecule has 18 heavy (non-hydrogen) atoms. The second kappa shape index (κ2) is 5.85. The first-order valence-corrected chi connectivity index (χ1v) is 7.36. The van der Waals surface area contributed by atoms with Crippen molar-refractivity contribution < 1.29 is 0 Å². The van der Waals surface area contributed by atoms with Gasteiger partial charge in [-0.25, -0.2) is 0 Å². The molecular formula is C14H24N4. The van der Waals surface area contributed by atoms with Gasteiger partial charge in [-0.2, -0.15) is 5.10 Å². The fraction of sp³-hybridized carbons (Fsp3) is 0.786. The van der Waals surface area contributed by atoms with Crippen molar-refractivity contribution in [2.24, 2.45) is 0 Å². The lowest BCUT2D eigenvalue weighted by Crippen LogP contribution is -2.37. The summed E-state index contributed by atoms with van der Waals surface area (Å²) in [5.41, 5.74) is 0. The lowest BCUT2D eigenvalue weighted by molar-refractivity contribution is 0.193. The molecule has 3 heterocycles. The minimum Gasteiger partial charge on any atom is -0.302 e. The van der Waals surface area contributed by atoms with Gasteiger partial charge >= 0.3 is 0 Å². The van der Waals surface area contributed by atoms with Crippen LogP contribution in [-0.2, 0) is 0 Å². The van der Waals surface area contributed by atoms with Crippen molar-refractivity contribution in [3.05, 3.63) is 18.5 Å². The number of nitrogens with zero attached hydrogens (tertiary/aromatic N) is 4. The van der Waals surface area contributed by atoms with E-state index in [0.717, 1.165) is 0 Å². The summed E-state index contributed by atoms with van der Waals surface area (Å²) in [6.45, 7) is 7.53. The molecule has 4 heteroatoms. The topological polar surface area (TPSA) is 24.3 Å². The molecule has 1 aromatic rings. The van der Waals surface area contributed by atoms with Gasteiger partial charge in [-0.1, -0.05) is 6.42 Å². The lowest BCUT2D eigenvalue weighted by atomic mass is 10.1. The molecule has 100 valence electrons. The molecule has 0 saturated carbocycles. The van der Waals surface area contributed by atoms with Crippen LogP contribution in [0.15, 0.2) is 18.5 Å². The van der Waals surface area contributed by atoms with Gasteiger partial charge in [0.15, 0.2) is 0 Å². The molecule has 0 bridgehead atoms. The van der Waals surface area contributed by atoms with Crippen LogP contribution in [0.25, 0.3) is 0 Å². The smallest absolute Gasteiger partial charge is 0.0658 e. The number of aromatic nitrogens is 2. The molecule has 2 saturated heterocycles. The summed E-state index contributed by atoms with van der Waals surface area (Å²) in [6, 6.07) is 2.62. The summed E-state index contributed by atoms with van der Waals surface area (Å²) in [7, 11) is 0. The van der Waals surface area contributed by atoms with Gasteiger partial charge in [0.25, 0.3) is 0 Å². The molecule has 1 atom stereocenters. The quantitative estimate of drug-likeness (QED) is 0.809. The molecule has 2 aliphatic heterocycles.